The summed E-state index contributed by atoms with van der Waals surface area (Å²) in [5, 5.41) is 4.50. The lowest BCUT2D eigenvalue weighted by Crippen LogP contribution is -2.42. The molecular weight excluding hydrogens is 350 g/mol. The molecule has 28 heavy (non-hydrogen) atoms. The van der Waals surface area contributed by atoms with Gasteiger partial charge in [0, 0.05) is 19.2 Å². The van der Waals surface area contributed by atoms with E-state index in [1.807, 2.05) is 48.3 Å². The fourth-order valence-electron chi connectivity index (χ4n) is 3.61. The Bertz CT molecular complexity index is 994. The summed E-state index contributed by atoms with van der Waals surface area (Å²) < 4.78 is 7.67. The third-order valence-electron chi connectivity index (χ3n) is 5.43. The Morgan fingerprint density at radius 2 is 1.86 bits per heavy atom. The summed E-state index contributed by atoms with van der Waals surface area (Å²) in [4.78, 5) is 14.9. The van der Waals surface area contributed by atoms with Gasteiger partial charge in [0.15, 0.2) is 5.69 Å². The molecule has 1 aliphatic heterocycles. The Labute approximate surface area is 165 Å². The summed E-state index contributed by atoms with van der Waals surface area (Å²) in [5.41, 5.74) is 6.06. The van der Waals surface area contributed by atoms with E-state index >= 15 is 0 Å². The van der Waals surface area contributed by atoms with E-state index in [-0.39, 0.29) is 12.0 Å². The Kier molecular flexibility index (Phi) is 5.01. The fourth-order valence-corrected chi connectivity index (χ4v) is 3.61. The van der Waals surface area contributed by atoms with Crippen LogP contribution in [0.25, 0.3) is 11.3 Å². The van der Waals surface area contributed by atoms with E-state index in [1.165, 1.54) is 11.1 Å². The van der Waals surface area contributed by atoms with Crippen molar-refractivity contribution in [3.8, 4) is 11.3 Å². The van der Waals surface area contributed by atoms with Crippen LogP contribution < -0.4 is 0 Å². The molecule has 144 valence electrons. The van der Waals surface area contributed by atoms with Gasteiger partial charge in [-0.05, 0) is 42.7 Å². The monoisotopic (exact) mass is 375 g/mol. The lowest BCUT2D eigenvalue weighted by molar-refractivity contribution is -0.0230. The van der Waals surface area contributed by atoms with Gasteiger partial charge in [-0.2, -0.15) is 5.10 Å². The second kappa shape index (κ2) is 7.60. The van der Waals surface area contributed by atoms with E-state index in [0.717, 1.165) is 16.8 Å². The van der Waals surface area contributed by atoms with E-state index in [1.54, 1.807) is 4.68 Å². The molecule has 0 aliphatic carbocycles. The predicted molar refractivity (Wildman–Crippen MR) is 109 cm³/mol. The normalized spacial score (nSPS) is 17.0. The Morgan fingerprint density at radius 1 is 1.07 bits per heavy atom. The van der Waals surface area contributed by atoms with Gasteiger partial charge in [0.2, 0.25) is 0 Å². The van der Waals surface area contributed by atoms with Gasteiger partial charge in [-0.25, -0.2) is 0 Å². The maximum absolute atomic E-state index is 13.1. The van der Waals surface area contributed by atoms with Crippen molar-refractivity contribution >= 4 is 5.91 Å². The lowest BCUT2D eigenvalue weighted by Gasteiger charge is -2.32. The van der Waals surface area contributed by atoms with Crippen molar-refractivity contribution in [2.75, 3.05) is 19.7 Å². The number of ether oxygens (including phenoxy) is 1. The number of morpholine rings is 1. The molecule has 1 atom stereocenters. The van der Waals surface area contributed by atoms with Crippen molar-refractivity contribution in [3.63, 3.8) is 0 Å². The SMILES string of the molecule is Cc1ccc(-c2cc(C(=O)N3CCOC(c4ccccc4)C3)nn2C)cc1C. The van der Waals surface area contributed by atoms with Gasteiger partial charge in [0.05, 0.1) is 18.8 Å². The second-order valence-corrected chi connectivity index (χ2v) is 7.36. The zero-order valence-electron chi connectivity index (χ0n) is 16.6. The summed E-state index contributed by atoms with van der Waals surface area (Å²) >= 11 is 0. The Hall–Kier alpha value is -2.92. The molecule has 1 aliphatic rings. The van der Waals surface area contributed by atoms with Crippen LogP contribution in [-0.4, -0.2) is 40.3 Å². The molecule has 5 nitrogen and oxygen atoms in total. The summed E-state index contributed by atoms with van der Waals surface area (Å²) in [6.45, 7) is 5.84. The molecule has 3 aromatic rings. The van der Waals surface area contributed by atoms with Crippen molar-refractivity contribution in [1.82, 2.24) is 14.7 Å². The highest BCUT2D eigenvalue weighted by Gasteiger charge is 2.27. The van der Waals surface area contributed by atoms with Crippen LogP contribution in [0.4, 0.5) is 0 Å². The van der Waals surface area contributed by atoms with Crippen molar-refractivity contribution in [2.45, 2.75) is 20.0 Å². The molecule has 4 rings (SSSR count). The minimum atomic E-state index is -0.0955. The van der Waals surface area contributed by atoms with Crippen LogP contribution >= 0.6 is 0 Å². The Morgan fingerprint density at radius 3 is 2.61 bits per heavy atom. The number of rotatable bonds is 3. The molecule has 0 N–H and O–H groups in total. The van der Waals surface area contributed by atoms with Gasteiger partial charge in [0.1, 0.15) is 6.10 Å². The summed E-state index contributed by atoms with van der Waals surface area (Å²) in [7, 11) is 1.88. The highest BCUT2D eigenvalue weighted by atomic mass is 16.5. The maximum Gasteiger partial charge on any atom is 0.274 e. The van der Waals surface area contributed by atoms with Crippen molar-refractivity contribution in [3.05, 3.63) is 77.0 Å². The lowest BCUT2D eigenvalue weighted by atomic mass is 10.0. The molecule has 1 fully saturated rings. The number of aryl methyl sites for hydroxylation is 3. The number of carbonyl (C=O) groups excluding carboxylic acids is 1. The van der Waals surface area contributed by atoms with Crippen LogP contribution in [0, 0.1) is 13.8 Å². The van der Waals surface area contributed by atoms with Crippen LogP contribution in [0.15, 0.2) is 54.6 Å². The number of benzene rings is 2. The summed E-state index contributed by atoms with van der Waals surface area (Å²) in [6, 6.07) is 18.3. The average Bonchev–Trinajstić information content (AvgIpc) is 3.12. The summed E-state index contributed by atoms with van der Waals surface area (Å²) in [5.74, 6) is -0.0464. The number of amides is 1. The smallest absolute Gasteiger partial charge is 0.274 e. The standard InChI is InChI=1S/C23H25N3O2/c1-16-9-10-19(13-17(16)2)21-14-20(24-25(21)3)23(27)26-11-12-28-22(15-26)18-7-5-4-6-8-18/h4-10,13-14,22H,11-12,15H2,1-3H3. The molecule has 0 saturated carbocycles. The molecular formula is C23H25N3O2. The first kappa shape index (κ1) is 18.4. The molecule has 0 spiro atoms. The van der Waals surface area contributed by atoms with Crippen LogP contribution in [0.3, 0.4) is 0 Å². The fraction of sp³-hybridized carbons (Fsp3) is 0.304. The topological polar surface area (TPSA) is 47.4 Å². The second-order valence-electron chi connectivity index (χ2n) is 7.36. The van der Waals surface area contributed by atoms with E-state index in [9.17, 15) is 4.79 Å². The molecule has 0 bridgehead atoms. The van der Waals surface area contributed by atoms with Crippen LogP contribution in [0.1, 0.15) is 33.3 Å². The molecule has 1 unspecified atom stereocenters. The number of aromatic nitrogens is 2. The predicted octanol–water partition coefficient (Wildman–Crippen LogP) is 3.92. The number of carbonyl (C=O) groups is 1. The summed E-state index contributed by atoms with van der Waals surface area (Å²) in [6.07, 6.45) is -0.0955. The third-order valence-corrected chi connectivity index (χ3v) is 5.43. The first-order chi connectivity index (χ1) is 13.5. The maximum atomic E-state index is 13.1. The highest BCUT2D eigenvalue weighted by molar-refractivity contribution is 5.93. The molecule has 2 heterocycles. The molecule has 5 heteroatoms. The van der Waals surface area contributed by atoms with Gasteiger partial charge < -0.3 is 9.64 Å². The van der Waals surface area contributed by atoms with E-state index in [2.05, 4.69) is 37.1 Å². The van der Waals surface area contributed by atoms with Gasteiger partial charge >= 0.3 is 0 Å². The molecule has 1 aromatic heterocycles. The van der Waals surface area contributed by atoms with Gasteiger partial charge in [0.25, 0.3) is 5.91 Å². The van der Waals surface area contributed by atoms with E-state index in [0.29, 0.717) is 25.4 Å². The molecule has 1 amide bonds. The van der Waals surface area contributed by atoms with Gasteiger partial charge in [-0.1, -0.05) is 42.5 Å². The van der Waals surface area contributed by atoms with Crippen molar-refractivity contribution in [2.24, 2.45) is 7.05 Å². The third kappa shape index (κ3) is 3.58. The average molecular weight is 375 g/mol. The minimum Gasteiger partial charge on any atom is -0.370 e. The van der Waals surface area contributed by atoms with Gasteiger partial charge in [-0.3, -0.25) is 9.48 Å². The van der Waals surface area contributed by atoms with Crippen molar-refractivity contribution in [1.29, 1.82) is 0 Å². The van der Waals surface area contributed by atoms with Gasteiger partial charge in [-0.15, -0.1) is 0 Å². The molecule has 2 aromatic carbocycles. The zero-order chi connectivity index (χ0) is 19.7. The van der Waals surface area contributed by atoms with Crippen LogP contribution in [0.5, 0.6) is 0 Å². The molecule has 1 saturated heterocycles. The quantitative estimate of drug-likeness (QED) is 0.697. The minimum absolute atomic E-state index is 0.0464. The Balaban J connectivity index is 1.56. The number of hydrogen-bond acceptors (Lipinski definition) is 3. The number of hydrogen-bond donors (Lipinski definition) is 0. The van der Waals surface area contributed by atoms with Crippen molar-refractivity contribution < 1.29 is 9.53 Å². The van der Waals surface area contributed by atoms with Crippen LogP contribution in [-0.2, 0) is 11.8 Å². The first-order valence-electron chi connectivity index (χ1n) is 9.60. The van der Waals surface area contributed by atoms with Crippen LogP contribution in [0.2, 0.25) is 0 Å². The van der Waals surface area contributed by atoms with E-state index < -0.39 is 0 Å². The zero-order valence-corrected chi connectivity index (χ0v) is 16.6. The highest BCUT2D eigenvalue weighted by Crippen LogP contribution is 2.25. The first-order valence-corrected chi connectivity index (χ1v) is 9.60. The largest absolute Gasteiger partial charge is 0.370 e. The molecule has 0 radical (unpaired) electrons. The number of nitrogens with zero attached hydrogens (tertiary/aromatic N) is 3. The van der Waals surface area contributed by atoms with E-state index in [4.69, 9.17) is 4.74 Å².